The van der Waals surface area contributed by atoms with Crippen molar-refractivity contribution < 1.29 is 4.74 Å². The largest absolute Gasteiger partial charge is 0.379 e. The van der Waals surface area contributed by atoms with Crippen LogP contribution in [0.5, 0.6) is 0 Å². The number of benzene rings is 3. The lowest BCUT2D eigenvalue weighted by Gasteiger charge is -2.38. The molecule has 0 aromatic heterocycles. The fourth-order valence-electron chi connectivity index (χ4n) is 6.23. The molecule has 206 valence electrons. The van der Waals surface area contributed by atoms with Gasteiger partial charge in [-0.1, -0.05) is 84.7 Å². The highest BCUT2D eigenvalue weighted by molar-refractivity contribution is 6.42. The number of fused-ring (bicyclic) bond motifs is 2. The summed E-state index contributed by atoms with van der Waals surface area (Å²) in [4.78, 5) is 7.73. The van der Waals surface area contributed by atoms with E-state index in [9.17, 15) is 0 Å². The second kappa shape index (κ2) is 11.5. The average Bonchev–Trinajstić information content (AvgIpc) is 3.12. The molecule has 0 spiro atoms. The van der Waals surface area contributed by atoms with Gasteiger partial charge in [0, 0.05) is 42.7 Å². The first-order chi connectivity index (χ1) is 19.4. The minimum Gasteiger partial charge on any atom is -0.379 e. The van der Waals surface area contributed by atoms with Gasteiger partial charge in [-0.3, -0.25) is 4.90 Å². The molecule has 1 N–H and O–H groups in total. The number of aliphatic imine (C=N–C) groups is 1. The van der Waals surface area contributed by atoms with E-state index in [2.05, 4.69) is 78.3 Å². The predicted molar refractivity (Wildman–Crippen MR) is 168 cm³/mol. The molecule has 0 bridgehead atoms. The second-order valence-corrected chi connectivity index (χ2v) is 12.1. The number of amidine groups is 1. The first kappa shape index (κ1) is 27.3. The lowest BCUT2D eigenvalue weighted by atomic mass is 9.66. The van der Waals surface area contributed by atoms with Gasteiger partial charge in [-0.25, -0.2) is 4.99 Å². The Kier molecular flexibility index (Phi) is 7.87. The van der Waals surface area contributed by atoms with Gasteiger partial charge < -0.3 is 10.1 Å². The van der Waals surface area contributed by atoms with Gasteiger partial charge in [0.2, 0.25) is 0 Å². The van der Waals surface area contributed by atoms with E-state index in [4.69, 9.17) is 32.9 Å². The Morgan fingerprint density at radius 2 is 1.75 bits per heavy atom. The smallest absolute Gasteiger partial charge is 0.111 e. The molecule has 3 aromatic carbocycles. The van der Waals surface area contributed by atoms with E-state index < -0.39 is 0 Å². The zero-order valence-electron chi connectivity index (χ0n) is 23.0. The summed E-state index contributed by atoms with van der Waals surface area (Å²) in [5, 5.41) is 4.77. The zero-order chi connectivity index (χ0) is 27.7. The Balaban J connectivity index is 1.26. The highest BCUT2D eigenvalue weighted by atomic mass is 35.5. The van der Waals surface area contributed by atoms with E-state index in [0.717, 1.165) is 86.9 Å². The average molecular weight is 573 g/mol. The molecule has 2 aliphatic heterocycles. The lowest BCUT2D eigenvalue weighted by Crippen LogP contribution is -2.37. The van der Waals surface area contributed by atoms with E-state index in [1.165, 1.54) is 22.3 Å². The summed E-state index contributed by atoms with van der Waals surface area (Å²) in [5.41, 5.74) is 9.28. The molecule has 1 aliphatic carbocycles. The highest BCUT2D eigenvalue weighted by Crippen LogP contribution is 2.50. The summed E-state index contributed by atoms with van der Waals surface area (Å²) in [5.74, 6) is 0.934. The van der Waals surface area contributed by atoms with Crippen LogP contribution in [0.2, 0.25) is 10.0 Å². The molecule has 0 radical (unpaired) electrons. The van der Waals surface area contributed by atoms with Gasteiger partial charge in [0.05, 0.1) is 29.0 Å². The molecule has 1 saturated heterocycles. The van der Waals surface area contributed by atoms with E-state index in [1.54, 1.807) is 0 Å². The van der Waals surface area contributed by atoms with Crippen LogP contribution in [0.15, 0.2) is 89.4 Å². The van der Waals surface area contributed by atoms with Crippen molar-refractivity contribution in [2.24, 2.45) is 4.99 Å². The van der Waals surface area contributed by atoms with Crippen LogP contribution in [0.25, 0.3) is 5.70 Å². The monoisotopic (exact) mass is 571 g/mol. The maximum Gasteiger partial charge on any atom is 0.111 e. The minimum atomic E-state index is -0.242. The molecule has 6 rings (SSSR count). The van der Waals surface area contributed by atoms with Crippen molar-refractivity contribution in [1.82, 2.24) is 4.90 Å². The van der Waals surface area contributed by atoms with Crippen LogP contribution in [-0.4, -0.2) is 43.6 Å². The summed E-state index contributed by atoms with van der Waals surface area (Å²) in [6.07, 6.45) is 3.45. The van der Waals surface area contributed by atoms with E-state index in [-0.39, 0.29) is 5.41 Å². The summed E-state index contributed by atoms with van der Waals surface area (Å²) in [7, 11) is 0. The maximum atomic E-state index is 6.47. The lowest BCUT2D eigenvalue weighted by molar-refractivity contribution is 0.0384. The maximum absolute atomic E-state index is 6.47. The number of rotatable bonds is 5. The van der Waals surface area contributed by atoms with Crippen molar-refractivity contribution in [2.75, 3.05) is 38.2 Å². The molecule has 1 fully saturated rings. The summed E-state index contributed by atoms with van der Waals surface area (Å²) >= 11 is 12.7. The van der Waals surface area contributed by atoms with Crippen LogP contribution < -0.4 is 5.32 Å². The van der Waals surface area contributed by atoms with Crippen molar-refractivity contribution in [3.63, 3.8) is 0 Å². The Hall–Kier alpha value is -2.89. The minimum absolute atomic E-state index is 0.242. The molecule has 40 heavy (non-hydrogen) atoms. The van der Waals surface area contributed by atoms with Gasteiger partial charge in [0.15, 0.2) is 0 Å². The Morgan fingerprint density at radius 3 is 2.52 bits per heavy atom. The molecule has 3 aliphatic rings. The molecule has 1 atom stereocenters. The third-order valence-corrected chi connectivity index (χ3v) is 9.16. The number of morpholine rings is 1. The van der Waals surface area contributed by atoms with Gasteiger partial charge in [-0.2, -0.15) is 0 Å². The number of nitrogens with one attached hydrogen (secondary N) is 1. The third kappa shape index (κ3) is 5.64. The van der Waals surface area contributed by atoms with Crippen molar-refractivity contribution in [2.45, 2.75) is 38.0 Å². The zero-order valence-corrected chi connectivity index (χ0v) is 24.5. The fraction of sp³-hybridized carbons (Fsp3) is 0.324. The van der Waals surface area contributed by atoms with Crippen molar-refractivity contribution >= 4 is 40.4 Å². The van der Waals surface area contributed by atoms with Crippen molar-refractivity contribution in [3.8, 4) is 0 Å². The molecule has 0 saturated carbocycles. The molecule has 4 nitrogen and oxygen atoms in total. The summed E-state index contributed by atoms with van der Waals surface area (Å²) in [6.45, 7) is 11.5. The van der Waals surface area contributed by atoms with Crippen LogP contribution in [-0.2, 0) is 16.6 Å². The van der Waals surface area contributed by atoms with Gasteiger partial charge in [0.1, 0.15) is 5.84 Å². The van der Waals surface area contributed by atoms with Gasteiger partial charge in [0.25, 0.3) is 0 Å². The van der Waals surface area contributed by atoms with Gasteiger partial charge in [-0.05, 0) is 65.8 Å². The Labute approximate surface area is 247 Å². The summed E-state index contributed by atoms with van der Waals surface area (Å²) in [6, 6.07) is 23.4. The topological polar surface area (TPSA) is 36.9 Å². The van der Waals surface area contributed by atoms with Crippen LogP contribution in [0.1, 0.15) is 48.4 Å². The standard InChI is InChI=1S/C34H35Cl2N3O/c1-23-19-25-22-34(2,26-9-12-30(35)31(36)21-26)29-6-4-3-5-28(29)33(25)38-32(20-23)37-27-10-7-24(8-11-27)13-14-39-15-17-40-18-16-39/h3-12,21H,1,13-20,22H2,2H3,(H,37,38)/t34-/m0/s1. The summed E-state index contributed by atoms with van der Waals surface area (Å²) < 4.78 is 5.47. The predicted octanol–water partition coefficient (Wildman–Crippen LogP) is 8.15. The SMILES string of the molecule is C=C1CC(Nc2ccc(CCN3CCOCC3)cc2)=NC2=C(C1)C[C@@](C)(c1ccc(Cl)c(Cl)c1)c1ccccc12. The number of hydrogen-bond donors (Lipinski definition) is 1. The number of halogens is 2. The Morgan fingerprint density at radius 1 is 0.975 bits per heavy atom. The second-order valence-electron chi connectivity index (χ2n) is 11.3. The number of ether oxygens (including phenoxy) is 1. The molecule has 2 heterocycles. The molecular formula is C34H35Cl2N3O. The van der Waals surface area contributed by atoms with Gasteiger partial charge >= 0.3 is 0 Å². The van der Waals surface area contributed by atoms with E-state index >= 15 is 0 Å². The van der Waals surface area contributed by atoms with Crippen LogP contribution >= 0.6 is 23.2 Å². The number of anilines is 1. The first-order valence-electron chi connectivity index (χ1n) is 14.1. The number of nitrogens with zero attached hydrogens (tertiary/aromatic N) is 2. The molecule has 6 heteroatoms. The van der Waals surface area contributed by atoms with Gasteiger partial charge in [-0.15, -0.1) is 0 Å². The van der Waals surface area contributed by atoms with Crippen LogP contribution in [0.4, 0.5) is 5.69 Å². The first-order valence-corrected chi connectivity index (χ1v) is 14.8. The number of allylic oxidation sites excluding steroid dienone is 1. The molecule has 0 amide bonds. The molecule has 3 aromatic rings. The van der Waals surface area contributed by atoms with Crippen LogP contribution in [0.3, 0.4) is 0 Å². The normalized spacial score (nSPS) is 21.4. The van der Waals surface area contributed by atoms with Crippen molar-refractivity contribution in [3.05, 3.63) is 117 Å². The fourth-order valence-corrected chi connectivity index (χ4v) is 6.53. The quantitative estimate of drug-likeness (QED) is 0.314. The van der Waals surface area contributed by atoms with Crippen LogP contribution in [0, 0.1) is 0 Å². The van der Waals surface area contributed by atoms with Crippen molar-refractivity contribution in [1.29, 1.82) is 0 Å². The highest BCUT2D eigenvalue weighted by Gasteiger charge is 2.38. The third-order valence-electron chi connectivity index (χ3n) is 8.43. The molecular weight excluding hydrogens is 537 g/mol. The number of hydrogen-bond acceptors (Lipinski definition) is 4. The molecule has 0 unspecified atom stereocenters. The van der Waals surface area contributed by atoms with E-state index in [1.807, 2.05) is 12.1 Å². The van der Waals surface area contributed by atoms with E-state index in [0.29, 0.717) is 10.0 Å². The Bertz CT molecular complexity index is 1490.